The van der Waals surface area contributed by atoms with E-state index in [9.17, 15) is 0 Å². The minimum absolute atomic E-state index is 0. The van der Waals surface area contributed by atoms with Gasteiger partial charge in [-0.15, -0.1) is 24.0 Å². The Morgan fingerprint density at radius 2 is 1.76 bits per heavy atom. The van der Waals surface area contributed by atoms with Crippen LogP contribution >= 0.6 is 24.0 Å². The van der Waals surface area contributed by atoms with E-state index in [0.717, 1.165) is 31.8 Å². The lowest BCUT2D eigenvalue weighted by molar-refractivity contribution is 0.313. The Morgan fingerprint density at radius 3 is 2.43 bits per heavy atom. The minimum Gasteiger partial charge on any atom is -0.494 e. The molecule has 0 atom stereocenters. The van der Waals surface area contributed by atoms with Crippen molar-refractivity contribution in [1.82, 2.24) is 4.90 Å². The zero-order valence-corrected chi connectivity index (χ0v) is 14.9. The monoisotopic (exact) mass is 403 g/mol. The number of hydrogen-bond donors (Lipinski definition) is 1. The van der Waals surface area contributed by atoms with E-state index in [1.165, 1.54) is 25.7 Å². The van der Waals surface area contributed by atoms with Gasteiger partial charge in [-0.25, -0.2) is 0 Å². The maximum Gasteiger partial charge on any atom is 0.191 e. The molecular weight excluding hydrogens is 377 g/mol. The van der Waals surface area contributed by atoms with Crippen LogP contribution in [0.15, 0.2) is 35.3 Å². The predicted molar refractivity (Wildman–Crippen MR) is 98.5 cm³/mol. The topological polar surface area (TPSA) is 50.9 Å². The Hall–Kier alpha value is -0.980. The minimum atomic E-state index is 0. The smallest absolute Gasteiger partial charge is 0.191 e. The fourth-order valence-electron chi connectivity index (χ4n) is 2.36. The molecule has 4 nitrogen and oxygen atoms in total. The maximum absolute atomic E-state index is 6.05. The number of para-hydroxylation sites is 1. The van der Waals surface area contributed by atoms with Crippen molar-refractivity contribution in [3.8, 4) is 5.75 Å². The first-order valence-corrected chi connectivity index (χ1v) is 7.59. The van der Waals surface area contributed by atoms with E-state index in [4.69, 9.17) is 10.5 Å². The van der Waals surface area contributed by atoms with Gasteiger partial charge in [0, 0.05) is 26.1 Å². The maximum atomic E-state index is 6.05. The number of nitrogens with zero attached hydrogens (tertiary/aromatic N) is 2. The molecule has 0 aromatic heterocycles. The van der Waals surface area contributed by atoms with Crippen molar-refractivity contribution in [1.29, 1.82) is 0 Å². The first-order chi connectivity index (χ1) is 9.86. The summed E-state index contributed by atoms with van der Waals surface area (Å²) >= 11 is 0. The number of ether oxygens (including phenoxy) is 1. The van der Waals surface area contributed by atoms with Gasteiger partial charge in [-0.2, -0.15) is 0 Å². The van der Waals surface area contributed by atoms with Crippen molar-refractivity contribution in [2.45, 2.75) is 32.1 Å². The van der Waals surface area contributed by atoms with Crippen LogP contribution in [-0.2, 0) is 0 Å². The molecule has 118 valence electrons. The molecule has 0 amide bonds. The molecule has 0 unspecified atom stereocenters. The molecule has 1 fully saturated rings. The van der Waals surface area contributed by atoms with Crippen molar-refractivity contribution in [3.63, 3.8) is 0 Å². The van der Waals surface area contributed by atoms with Crippen LogP contribution in [0, 0.1) is 0 Å². The number of rotatable bonds is 5. The Morgan fingerprint density at radius 1 is 1.10 bits per heavy atom. The fourth-order valence-corrected chi connectivity index (χ4v) is 2.36. The molecule has 5 heteroatoms. The van der Waals surface area contributed by atoms with Crippen LogP contribution in [0.25, 0.3) is 0 Å². The molecule has 0 bridgehead atoms. The van der Waals surface area contributed by atoms with E-state index < -0.39 is 0 Å². The van der Waals surface area contributed by atoms with Gasteiger partial charge in [0.25, 0.3) is 0 Å². The van der Waals surface area contributed by atoms with Gasteiger partial charge in [0.2, 0.25) is 0 Å². The lowest BCUT2D eigenvalue weighted by Gasteiger charge is -2.21. The highest BCUT2D eigenvalue weighted by Gasteiger charge is 2.10. The van der Waals surface area contributed by atoms with Crippen LogP contribution in [0.5, 0.6) is 5.75 Å². The molecule has 0 saturated carbocycles. The largest absolute Gasteiger partial charge is 0.494 e. The van der Waals surface area contributed by atoms with Crippen LogP contribution in [0.3, 0.4) is 0 Å². The predicted octanol–water partition coefficient (Wildman–Crippen LogP) is 3.26. The van der Waals surface area contributed by atoms with Crippen LogP contribution in [-0.4, -0.2) is 37.1 Å². The Balaban J connectivity index is 0.00000220. The zero-order valence-electron chi connectivity index (χ0n) is 12.5. The van der Waals surface area contributed by atoms with Crippen molar-refractivity contribution in [2.24, 2.45) is 10.7 Å². The molecule has 1 heterocycles. The molecule has 21 heavy (non-hydrogen) atoms. The summed E-state index contributed by atoms with van der Waals surface area (Å²) in [4.78, 5) is 6.67. The third-order valence-corrected chi connectivity index (χ3v) is 3.52. The summed E-state index contributed by atoms with van der Waals surface area (Å²) < 4.78 is 5.63. The van der Waals surface area contributed by atoms with Gasteiger partial charge >= 0.3 is 0 Å². The highest BCUT2D eigenvalue weighted by molar-refractivity contribution is 14.0. The summed E-state index contributed by atoms with van der Waals surface area (Å²) in [5.41, 5.74) is 6.05. The van der Waals surface area contributed by atoms with Gasteiger partial charge in [-0.1, -0.05) is 31.0 Å². The van der Waals surface area contributed by atoms with E-state index in [0.29, 0.717) is 12.6 Å². The van der Waals surface area contributed by atoms with E-state index in [2.05, 4.69) is 9.89 Å². The number of benzene rings is 1. The summed E-state index contributed by atoms with van der Waals surface area (Å²) in [5, 5.41) is 0. The Labute approximate surface area is 144 Å². The second-order valence-electron chi connectivity index (χ2n) is 5.16. The molecule has 0 aliphatic carbocycles. The first kappa shape index (κ1) is 18.1. The highest BCUT2D eigenvalue weighted by Crippen LogP contribution is 2.10. The highest BCUT2D eigenvalue weighted by atomic mass is 127. The first-order valence-electron chi connectivity index (χ1n) is 7.59. The van der Waals surface area contributed by atoms with Crippen LogP contribution < -0.4 is 10.5 Å². The van der Waals surface area contributed by atoms with Gasteiger partial charge in [0.1, 0.15) is 5.75 Å². The normalized spacial score (nSPS) is 16.0. The molecular formula is C16H26IN3O. The lowest BCUT2D eigenvalue weighted by Crippen LogP contribution is -2.38. The summed E-state index contributed by atoms with van der Waals surface area (Å²) in [6.07, 6.45) is 5.98. The molecule has 2 rings (SSSR count). The van der Waals surface area contributed by atoms with Crippen molar-refractivity contribution in [2.75, 3.05) is 26.2 Å². The average molecular weight is 403 g/mol. The number of aliphatic imine (C=N–C) groups is 1. The number of halogens is 1. The Kier molecular flexibility index (Phi) is 9.21. The van der Waals surface area contributed by atoms with Crippen LogP contribution in [0.2, 0.25) is 0 Å². The molecule has 1 aliphatic heterocycles. The second kappa shape index (κ2) is 10.7. The molecule has 1 saturated heterocycles. The van der Waals surface area contributed by atoms with Gasteiger partial charge in [-0.05, 0) is 25.0 Å². The summed E-state index contributed by atoms with van der Waals surface area (Å²) in [5.74, 6) is 1.61. The third kappa shape index (κ3) is 7.02. The van der Waals surface area contributed by atoms with Gasteiger partial charge in [-0.3, -0.25) is 4.99 Å². The van der Waals surface area contributed by atoms with E-state index in [1.54, 1.807) is 0 Å². The van der Waals surface area contributed by atoms with Crippen LogP contribution in [0.1, 0.15) is 32.1 Å². The molecule has 0 radical (unpaired) electrons. The van der Waals surface area contributed by atoms with Crippen molar-refractivity contribution in [3.05, 3.63) is 30.3 Å². The Bertz CT molecular complexity index is 403. The van der Waals surface area contributed by atoms with E-state index >= 15 is 0 Å². The average Bonchev–Trinajstić information content (AvgIpc) is 2.77. The van der Waals surface area contributed by atoms with Crippen LogP contribution in [0.4, 0.5) is 0 Å². The number of hydrogen-bond acceptors (Lipinski definition) is 2. The number of guanidine groups is 1. The summed E-state index contributed by atoms with van der Waals surface area (Å²) in [7, 11) is 0. The van der Waals surface area contributed by atoms with E-state index in [1.807, 2.05) is 30.3 Å². The molecule has 0 spiro atoms. The fraction of sp³-hybridized carbons (Fsp3) is 0.562. The summed E-state index contributed by atoms with van der Waals surface area (Å²) in [6.45, 7) is 3.52. The molecule has 2 N–H and O–H groups in total. The van der Waals surface area contributed by atoms with Gasteiger partial charge in [0.15, 0.2) is 5.96 Å². The molecule has 1 aliphatic rings. The zero-order chi connectivity index (χ0) is 14.0. The standard InChI is InChI=1S/C16H25N3O.HI/c17-16(19-12-6-1-2-7-13-19)18-11-8-14-20-15-9-4-3-5-10-15;/h3-5,9-10H,1-2,6-8,11-14H2,(H2,17,18);1H. The lowest BCUT2D eigenvalue weighted by atomic mass is 10.2. The molecule has 1 aromatic carbocycles. The number of nitrogens with two attached hydrogens (primary N) is 1. The quantitative estimate of drug-likeness (QED) is 0.355. The number of likely N-dealkylation sites (tertiary alicyclic amines) is 1. The SMILES string of the molecule is I.NC(=NCCCOc1ccccc1)N1CCCCCC1. The second-order valence-corrected chi connectivity index (χ2v) is 5.16. The van der Waals surface area contributed by atoms with E-state index in [-0.39, 0.29) is 24.0 Å². The summed E-state index contributed by atoms with van der Waals surface area (Å²) in [6, 6.07) is 9.87. The molecule has 1 aromatic rings. The van der Waals surface area contributed by atoms with Crippen molar-refractivity contribution >= 4 is 29.9 Å². The van der Waals surface area contributed by atoms with Gasteiger partial charge < -0.3 is 15.4 Å². The third-order valence-electron chi connectivity index (χ3n) is 3.52. The van der Waals surface area contributed by atoms with Gasteiger partial charge in [0.05, 0.1) is 6.61 Å². The van der Waals surface area contributed by atoms with Crippen molar-refractivity contribution < 1.29 is 4.74 Å².